The maximum Gasteiger partial charge on any atom is 0.147 e. The Balaban J connectivity index is 1.96. The number of anilines is 1. The molecule has 112 valence electrons. The minimum absolute atomic E-state index is 0.108. The van der Waals surface area contributed by atoms with Gasteiger partial charge in [0.15, 0.2) is 0 Å². The third-order valence-corrected chi connectivity index (χ3v) is 3.88. The van der Waals surface area contributed by atoms with Gasteiger partial charge in [-0.15, -0.1) is 0 Å². The van der Waals surface area contributed by atoms with Crippen LogP contribution in [0.1, 0.15) is 36.7 Å². The van der Waals surface area contributed by atoms with Crippen molar-refractivity contribution < 1.29 is 4.74 Å². The van der Waals surface area contributed by atoms with Gasteiger partial charge < -0.3 is 9.64 Å². The molecule has 1 aliphatic heterocycles. The third-order valence-electron chi connectivity index (χ3n) is 3.88. The molecule has 0 spiro atoms. The van der Waals surface area contributed by atoms with Crippen LogP contribution in [0.25, 0.3) is 0 Å². The summed E-state index contributed by atoms with van der Waals surface area (Å²) in [6, 6.07) is 2.16. The Bertz CT molecular complexity index is 600. The van der Waals surface area contributed by atoms with Gasteiger partial charge in [-0.25, -0.2) is 15.0 Å². The van der Waals surface area contributed by atoms with E-state index >= 15 is 0 Å². The van der Waals surface area contributed by atoms with Crippen molar-refractivity contribution in [3.05, 3.63) is 29.7 Å². The average Bonchev–Trinajstić information content (AvgIpc) is 3.15. The van der Waals surface area contributed by atoms with Gasteiger partial charge in [0, 0.05) is 31.8 Å². The summed E-state index contributed by atoms with van der Waals surface area (Å²) in [4.78, 5) is 15.6. The molecule has 0 radical (unpaired) electrons. The Morgan fingerprint density at radius 2 is 2.29 bits per heavy atom. The number of aromatic amines is 1. The van der Waals surface area contributed by atoms with Crippen LogP contribution in [0.3, 0.4) is 0 Å². The SMILES string of the molecule is CCc1cc(N2C[C@H](OC)C[C@H]2c2ncn[nH]2)nc(C)n1. The number of nitrogens with one attached hydrogen (secondary N) is 1. The van der Waals surface area contributed by atoms with E-state index in [1.165, 1.54) is 6.33 Å². The van der Waals surface area contributed by atoms with Gasteiger partial charge in [-0.2, -0.15) is 5.10 Å². The number of nitrogens with zero attached hydrogens (tertiary/aromatic N) is 5. The number of H-pyrrole nitrogens is 1. The number of rotatable bonds is 4. The van der Waals surface area contributed by atoms with Gasteiger partial charge >= 0.3 is 0 Å². The first-order chi connectivity index (χ1) is 10.2. The van der Waals surface area contributed by atoms with Gasteiger partial charge in [0.25, 0.3) is 0 Å². The van der Waals surface area contributed by atoms with Crippen LogP contribution < -0.4 is 4.90 Å². The van der Waals surface area contributed by atoms with Crippen molar-refractivity contribution in [3.8, 4) is 0 Å². The van der Waals surface area contributed by atoms with Crippen LogP contribution in [0.5, 0.6) is 0 Å². The molecule has 3 rings (SSSR count). The molecule has 7 nitrogen and oxygen atoms in total. The lowest BCUT2D eigenvalue weighted by Gasteiger charge is -2.24. The largest absolute Gasteiger partial charge is 0.380 e. The average molecular weight is 288 g/mol. The molecule has 1 N–H and O–H groups in total. The van der Waals surface area contributed by atoms with E-state index < -0.39 is 0 Å². The summed E-state index contributed by atoms with van der Waals surface area (Å²) in [6.45, 7) is 4.82. The fourth-order valence-corrected chi connectivity index (χ4v) is 2.80. The summed E-state index contributed by atoms with van der Waals surface area (Å²) in [6.07, 6.45) is 3.47. The molecule has 0 aromatic carbocycles. The van der Waals surface area contributed by atoms with E-state index in [2.05, 4.69) is 43.0 Å². The summed E-state index contributed by atoms with van der Waals surface area (Å²) in [7, 11) is 1.74. The summed E-state index contributed by atoms with van der Waals surface area (Å²) in [5.41, 5.74) is 1.05. The van der Waals surface area contributed by atoms with Crippen molar-refractivity contribution in [2.24, 2.45) is 0 Å². The van der Waals surface area contributed by atoms with Gasteiger partial charge in [-0.05, 0) is 13.3 Å². The molecule has 0 saturated carbocycles. The van der Waals surface area contributed by atoms with E-state index in [1.807, 2.05) is 6.92 Å². The monoisotopic (exact) mass is 288 g/mol. The minimum atomic E-state index is 0.108. The van der Waals surface area contributed by atoms with Crippen LogP contribution in [0, 0.1) is 6.92 Å². The van der Waals surface area contributed by atoms with Gasteiger partial charge in [0.05, 0.1) is 12.1 Å². The fraction of sp³-hybridized carbons (Fsp3) is 0.571. The lowest BCUT2D eigenvalue weighted by Crippen LogP contribution is -2.26. The van der Waals surface area contributed by atoms with E-state index in [-0.39, 0.29) is 12.1 Å². The lowest BCUT2D eigenvalue weighted by atomic mass is 10.2. The van der Waals surface area contributed by atoms with Gasteiger partial charge in [0.2, 0.25) is 0 Å². The molecular weight excluding hydrogens is 268 g/mol. The molecule has 21 heavy (non-hydrogen) atoms. The van der Waals surface area contributed by atoms with Crippen LogP contribution >= 0.6 is 0 Å². The summed E-state index contributed by atoms with van der Waals surface area (Å²) >= 11 is 0. The number of hydrogen-bond acceptors (Lipinski definition) is 6. The molecule has 2 atom stereocenters. The Morgan fingerprint density at radius 1 is 1.43 bits per heavy atom. The third kappa shape index (κ3) is 2.73. The normalized spacial score (nSPS) is 22.0. The summed E-state index contributed by atoms with van der Waals surface area (Å²) in [5.74, 6) is 2.57. The van der Waals surface area contributed by atoms with Crippen LogP contribution in [-0.2, 0) is 11.2 Å². The highest BCUT2D eigenvalue weighted by atomic mass is 16.5. The number of methoxy groups -OCH3 is 1. The molecule has 0 bridgehead atoms. The number of ether oxygens (including phenoxy) is 1. The number of aromatic nitrogens is 5. The molecular formula is C14H20N6O. The summed E-state index contributed by atoms with van der Waals surface area (Å²) in [5, 5.41) is 6.93. The van der Waals surface area contributed by atoms with E-state index in [0.29, 0.717) is 0 Å². The quantitative estimate of drug-likeness (QED) is 0.917. The van der Waals surface area contributed by atoms with E-state index in [1.54, 1.807) is 7.11 Å². The van der Waals surface area contributed by atoms with Crippen molar-refractivity contribution in [1.29, 1.82) is 0 Å². The van der Waals surface area contributed by atoms with Crippen LogP contribution in [0.2, 0.25) is 0 Å². The smallest absolute Gasteiger partial charge is 0.147 e. The molecule has 0 amide bonds. The van der Waals surface area contributed by atoms with Gasteiger partial charge in [-0.3, -0.25) is 5.10 Å². The molecule has 2 aromatic rings. The zero-order valence-electron chi connectivity index (χ0n) is 12.6. The van der Waals surface area contributed by atoms with Crippen molar-refractivity contribution in [3.63, 3.8) is 0 Å². The topological polar surface area (TPSA) is 79.8 Å². The second-order valence-electron chi connectivity index (χ2n) is 5.25. The molecule has 1 aliphatic rings. The van der Waals surface area contributed by atoms with Crippen molar-refractivity contribution in [1.82, 2.24) is 25.1 Å². The maximum absolute atomic E-state index is 5.53. The molecule has 0 aliphatic carbocycles. The number of aryl methyl sites for hydroxylation is 2. The highest BCUT2D eigenvalue weighted by Gasteiger charge is 2.36. The predicted molar refractivity (Wildman–Crippen MR) is 78.0 cm³/mol. The van der Waals surface area contributed by atoms with Crippen LogP contribution in [0.15, 0.2) is 12.4 Å². The maximum atomic E-state index is 5.53. The van der Waals surface area contributed by atoms with Crippen molar-refractivity contribution >= 4 is 5.82 Å². The molecule has 3 heterocycles. The first kappa shape index (κ1) is 13.9. The fourth-order valence-electron chi connectivity index (χ4n) is 2.80. The Kier molecular flexibility index (Phi) is 3.83. The first-order valence-electron chi connectivity index (χ1n) is 7.20. The highest BCUT2D eigenvalue weighted by molar-refractivity contribution is 5.44. The molecule has 0 unspecified atom stereocenters. The Morgan fingerprint density at radius 3 is 2.95 bits per heavy atom. The highest BCUT2D eigenvalue weighted by Crippen LogP contribution is 2.34. The number of hydrogen-bond donors (Lipinski definition) is 1. The van der Waals surface area contributed by atoms with Crippen LogP contribution in [0.4, 0.5) is 5.82 Å². The second-order valence-corrected chi connectivity index (χ2v) is 5.25. The Labute approximate surface area is 123 Å². The zero-order chi connectivity index (χ0) is 14.8. The molecule has 1 saturated heterocycles. The molecule has 7 heteroatoms. The first-order valence-corrected chi connectivity index (χ1v) is 7.20. The minimum Gasteiger partial charge on any atom is -0.380 e. The summed E-state index contributed by atoms with van der Waals surface area (Å²) < 4.78 is 5.53. The van der Waals surface area contributed by atoms with Crippen LogP contribution in [-0.4, -0.2) is 44.9 Å². The predicted octanol–water partition coefficient (Wildman–Crippen LogP) is 1.43. The van der Waals surface area contributed by atoms with Gasteiger partial charge in [-0.1, -0.05) is 6.92 Å². The van der Waals surface area contributed by atoms with Crippen molar-refractivity contribution in [2.75, 3.05) is 18.6 Å². The second kappa shape index (κ2) is 5.77. The van der Waals surface area contributed by atoms with E-state index in [4.69, 9.17) is 4.74 Å². The Hall–Kier alpha value is -2.02. The van der Waals surface area contributed by atoms with Crippen molar-refractivity contribution in [2.45, 2.75) is 38.8 Å². The molecule has 1 fully saturated rings. The standard InChI is InChI=1S/C14H20N6O/c1-4-10-5-13(18-9(2)17-10)20-7-11(21-3)6-12(20)14-15-8-16-19-14/h5,8,11-12H,4,6-7H2,1-3H3,(H,15,16,19)/t11-,12+/m1/s1. The lowest BCUT2D eigenvalue weighted by molar-refractivity contribution is 0.118. The van der Waals surface area contributed by atoms with E-state index in [0.717, 1.165) is 42.5 Å². The van der Waals surface area contributed by atoms with Gasteiger partial charge in [0.1, 0.15) is 23.8 Å². The van der Waals surface area contributed by atoms with E-state index in [9.17, 15) is 0 Å². The zero-order valence-corrected chi connectivity index (χ0v) is 12.6. The molecule has 2 aromatic heterocycles.